The predicted molar refractivity (Wildman–Crippen MR) is 118 cm³/mol. The Hall–Kier alpha value is -1.42. The number of hydrogen-bond donors (Lipinski definition) is 3. The molecule has 0 aliphatic heterocycles. The van der Waals surface area contributed by atoms with Crippen molar-refractivity contribution in [1.29, 1.82) is 0 Å². The van der Waals surface area contributed by atoms with Crippen LogP contribution in [0.1, 0.15) is 12.6 Å². The van der Waals surface area contributed by atoms with Gasteiger partial charge in [-0.25, -0.2) is 18.1 Å². The zero-order valence-corrected chi connectivity index (χ0v) is 18.4. The number of fused-ring (bicyclic) bond motifs is 1. The fourth-order valence-electron chi connectivity index (χ4n) is 2.57. The van der Waals surface area contributed by atoms with E-state index in [0.717, 1.165) is 29.4 Å². The minimum atomic E-state index is -3.56. The first kappa shape index (κ1) is 26.6. The highest BCUT2D eigenvalue weighted by atomic mass is 35.5. The number of rotatable bonds is 8. The number of sulfonamides is 1. The molecule has 0 saturated heterocycles. The summed E-state index contributed by atoms with van der Waals surface area (Å²) in [7, 11) is -3.56. The van der Waals surface area contributed by atoms with Crippen LogP contribution in [0.5, 0.6) is 0 Å². The molecule has 11 heteroatoms. The molecule has 0 fully saturated rings. The van der Waals surface area contributed by atoms with Gasteiger partial charge in [0.15, 0.2) is 0 Å². The standard InChI is InChI=1S/C17H21N5O2S.3ClH/c1-13(9-18-7-5-16-11-20-12-21-16)22-25(23,24)17-3-2-15-10-19-6-4-14(15)8-17;;;/h2-4,6,8,10-13,18,22H,5,7,9H2,1H3,(H,20,21);3*1H/t13-;;;/m1.../s1. The summed E-state index contributed by atoms with van der Waals surface area (Å²) in [6.45, 7) is 3.12. The summed E-state index contributed by atoms with van der Waals surface area (Å²) < 4.78 is 27.8. The van der Waals surface area contributed by atoms with Crippen LogP contribution in [-0.2, 0) is 16.4 Å². The van der Waals surface area contributed by atoms with E-state index in [4.69, 9.17) is 0 Å². The zero-order chi connectivity index (χ0) is 17.7. The minimum Gasteiger partial charge on any atom is -0.351 e. The number of pyridine rings is 1. The molecule has 0 aliphatic carbocycles. The van der Waals surface area contributed by atoms with Crippen molar-refractivity contribution in [2.24, 2.45) is 0 Å². The second kappa shape index (κ2) is 12.2. The number of H-pyrrole nitrogens is 1. The molecule has 1 aromatic carbocycles. The topological polar surface area (TPSA) is 99.8 Å². The number of imidazole rings is 1. The maximum Gasteiger partial charge on any atom is 0.240 e. The van der Waals surface area contributed by atoms with Crippen LogP contribution < -0.4 is 10.0 Å². The number of aromatic amines is 1. The normalized spacial score (nSPS) is 11.8. The van der Waals surface area contributed by atoms with E-state index in [1.54, 1.807) is 43.0 Å². The Bertz CT molecular complexity index is 939. The molecule has 0 unspecified atom stereocenters. The van der Waals surface area contributed by atoms with E-state index in [-0.39, 0.29) is 48.2 Å². The third-order valence-corrected chi connectivity index (χ3v) is 5.43. The first-order valence-electron chi connectivity index (χ1n) is 8.09. The third-order valence-electron chi connectivity index (χ3n) is 3.84. The highest BCUT2D eigenvalue weighted by Gasteiger charge is 2.17. The summed E-state index contributed by atoms with van der Waals surface area (Å²) in [5.41, 5.74) is 0.978. The van der Waals surface area contributed by atoms with Gasteiger partial charge >= 0.3 is 0 Å². The van der Waals surface area contributed by atoms with Crippen LogP contribution in [0.3, 0.4) is 0 Å². The Morgan fingerprint density at radius 3 is 2.64 bits per heavy atom. The van der Waals surface area contributed by atoms with Crippen molar-refractivity contribution in [3.63, 3.8) is 0 Å². The molecule has 3 N–H and O–H groups in total. The van der Waals surface area contributed by atoms with E-state index in [9.17, 15) is 8.42 Å². The van der Waals surface area contributed by atoms with Gasteiger partial charge in [-0.1, -0.05) is 6.07 Å². The molecule has 156 valence electrons. The van der Waals surface area contributed by atoms with Crippen molar-refractivity contribution in [1.82, 2.24) is 25.0 Å². The van der Waals surface area contributed by atoms with Gasteiger partial charge in [-0.2, -0.15) is 0 Å². The number of aromatic nitrogens is 3. The molecule has 1 atom stereocenters. The molecule has 2 heterocycles. The third kappa shape index (κ3) is 7.20. The fourth-order valence-corrected chi connectivity index (χ4v) is 3.84. The summed E-state index contributed by atoms with van der Waals surface area (Å²) in [5, 5.41) is 5.00. The Labute approximate surface area is 183 Å². The average Bonchev–Trinajstić information content (AvgIpc) is 3.11. The van der Waals surface area contributed by atoms with E-state index in [2.05, 4.69) is 25.0 Å². The summed E-state index contributed by atoms with van der Waals surface area (Å²) in [6, 6.07) is 6.61. The number of hydrogen-bond acceptors (Lipinski definition) is 5. The van der Waals surface area contributed by atoms with Gasteiger partial charge in [0.05, 0.1) is 16.9 Å². The summed E-state index contributed by atoms with van der Waals surface area (Å²) >= 11 is 0. The van der Waals surface area contributed by atoms with Gasteiger partial charge < -0.3 is 10.3 Å². The van der Waals surface area contributed by atoms with E-state index in [0.29, 0.717) is 6.54 Å². The fraction of sp³-hybridized carbons (Fsp3) is 0.294. The predicted octanol–water partition coefficient (Wildman–Crippen LogP) is 2.72. The van der Waals surface area contributed by atoms with Crippen molar-refractivity contribution in [3.05, 3.63) is 54.9 Å². The van der Waals surface area contributed by atoms with E-state index in [1.807, 2.05) is 13.1 Å². The molecule has 28 heavy (non-hydrogen) atoms. The lowest BCUT2D eigenvalue weighted by atomic mass is 10.2. The maximum atomic E-state index is 12.5. The van der Waals surface area contributed by atoms with Crippen LogP contribution in [0.4, 0.5) is 0 Å². The van der Waals surface area contributed by atoms with Crippen LogP contribution in [0.25, 0.3) is 10.8 Å². The van der Waals surface area contributed by atoms with Crippen molar-refractivity contribution < 1.29 is 8.42 Å². The number of benzene rings is 1. The lowest BCUT2D eigenvalue weighted by Crippen LogP contribution is -2.40. The van der Waals surface area contributed by atoms with Crippen LogP contribution in [-0.4, -0.2) is 42.5 Å². The van der Waals surface area contributed by atoms with Gasteiger partial charge in [-0.15, -0.1) is 37.2 Å². The summed E-state index contributed by atoms with van der Waals surface area (Å²) in [6.07, 6.45) is 7.65. The molecular weight excluding hydrogens is 445 g/mol. The van der Waals surface area contributed by atoms with Gasteiger partial charge in [-0.3, -0.25) is 4.98 Å². The highest BCUT2D eigenvalue weighted by Crippen LogP contribution is 2.18. The van der Waals surface area contributed by atoms with Crippen molar-refractivity contribution >= 4 is 58.0 Å². The SMILES string of the molecule is C[C@H](CNCCc1c[nH]cn1)NS(=O)(=O)c1ccc2cnccc2c1.Cl.Cl.Cl. The van der Waals surface area contributed by atoms with Crippen molar-refractivity contribution in [3.8, 4) is 0 Å². The Balaban J connectivity index is 0.00000243. The lowest BCUT2D eigenvalue weighted by Gasteiger charge is -2.15. The first-order chi connectivity index (χ1) is 12.0. The minimum absolute atomic E-state index is 0. The van der Waals surface area contributed by atoms with Crippen LogP contribution in [0.15, 0.2) is 54.1 Å². The Morgan fingerprint density at radius 1 is 1.14 bits per heavy atom. The molecule has 0 saturated carbocycles. The van der Waals surface area contributed by atoms with Gasteiger partial charge in [0.1, 0.15) is 0 Å². The largest absolute Gasteiger partial charge is 0.351 e. The van der Waals surface area contributed by atoms with Gasteiger partial charge in [0.2, 0.25) is 10.0 Å². The lowest BCUT2D eigenvalue weighted by molar-refractivity contribution is 0.537. The van der Waals surface area contributed by atoms with Crippen molar-refractivity contribution in [2.45, 2.75) is 24.3 Å². The summed E-state index contributed by atoms with van der Waals surface area (Å²) in [4.78, 5) is 11.3. The molecule has 0 radical (unpaired) electrons. The first-order valence-corrected chi connectivity index (χ1v) is 9.57. The van der Waals surface area contributed by atoms with Gasteiger partial charge in [0.25, 0.3) is 0 Å². The molecule has 0 amide bonds. The molecule has 0 aliphatic rings. The Kier molecular flexibility index (Phi) is 11.6. The van der Waals surface area contributed by atoms with Crippen LogP contribution in [0, 0.1) is 0 Å². The number of nitrogens with one attached hydrogen (secondary N) is 3. The van der Waals surface area contributed by atoms with Gasteiger partial charge in [-0.05, 0) is 30.5 Å². The highest BCUT2D eigenvalue weighted by molar-refractivity contribution is 7.89. The second-order valence-electron chi connectivity index (χ2n) is 5.92. The second-order valence-corrected chi connectivity index (χ2v) is 7.64. The average molecular weight is 469 g/mol. The Morgan fingerprint density at radius 2 is 1.93 bits per heavy atom. The molecule has 0 bridgehead atoms. The quantitative estimate of drug-likeness (QED) is 0.441. The number of nitrogens with zero attached hydrogens (tertiary/aromatic N) is 2. The molecule has 0 spiro atoms. The van der Waals surface area contributed by atoms with Crippen molar-refractivity contribution in [2.75, 3.05) is 13.1 Å². The molecule has 7 nitrogen and oxygen atoms in total. The molecule has 2 aromatic heterocycles. The zero-order valence-electron chi connectivity index (χ0n) is 15.2. The van der Waals surface area contributed by atoms with E-state index < -0.39 is 10.0 Å². The smallest absolute Gasteiger partial charge is 0.240 e. The van der Waals surface area contributed by atoms with Gasteiger partial charge in [0, 0.05) is 49.5 Å². The molecule has 3 rings (SSSR count). The van der Waals surface area contributed by atoms with Crippen LogP contribution in [0.2, 0.25) is 0 Å². The van der Waals surface area contributed by atoms with E-state index >= 15 is 0 Å². The summed E-state index contributed by atoms with van der Waals surface area (Å²) in [5.74, 6) is 0. The van der Waals surface area contributed by atoms with E-state index in [1.165, 1.54) is 0 Å². The molecule has 3 aromatic rings. The molecular formula is C17H24Cl3N5O2S. The number of halogens is 3. The van der Waals surface area contributed by atoms with Crippen LogP contribution >= 0.6 is 37.2 Å². The maximum absolute atomic E-state index is 12.5. The monoisotopic (exact) mass is 467 g/mol.